The highest BCUT2D eigenvalue weighted by molar-refractivity contribution is 5.73. The number of carbonyl (C=O) groups excluding carboxylic acids is 1. The highest BCUT2D eigenvalue weighted by Gasteiger charge is 2.44. The molecule has 28 heavy (non-hydrogen) atoms. The minimum absolute atomic E-state index is 0.180. The van der Waals surface area contributed by atoms with Crippen LogP contribution in [0.5, 0.6) is 5.75 Å². The van der Waals surface area contributed by atoms with Crippen molar-refractivity contribution >= 4 is 12.4 Å². The number of rotatable bonds is 14. The SMILES string of the molecule is CC(C)(CCCCCc1cc(O)cc(CCCCC2(OC=O)CC2)c1)C(=O)O. The van der Waals surface area contributed by atoms with Gasteiger partial charge in [0.2, 0.25) is 0 Å². The van der Waals surface area contributed by atoms with Crippen LogP contribution in [0.2, 0.25) is 0 Å². The lowest BCUT2D eigenvalue weighted by Gasteiger charge is -2.18. The summed E-state index contributed by atoms with van der Waals surface area (Å²) in [5, 5.41) is 19.2. The molecule has 0 amide bonds. The van der Waals surface area contributed by atoms with Gasteiger partial charge in [-0.05, 0) is 94.9 Å². The Kier molecular flexibility index (Phi) is 7.90. The van der Waals surface area contributed by atoms with Crippen molar-refractivity contribution in [1.29, 1.82) is 0 Å². The fraction of sp³-hybridized carbons (Fsp3) is 0.652. The second-order valence-corrected chi connectivity index (χ2v) is 8.86. The number of carboxylic acid groups (broad SMARTS) is 1. The van der Waals surface area contributed by atoms with Crippen LogP contribution in [0.25, 0.3) is 0 Å². The van der Waals surface area contributed by atoms with Gasteiger partial charge in [0.15, 0.2) is 0 Å². The van der Waals surface area contributed by atoms with Gasteiger partial charge in [0.05, 0.1) is 5.41 Å². The highest BCUT2D eigenvalue weighted by Crippen LogP contribution is 2.43. The number of phenols is 1. The van der Waals surface area contributed by atoms with Crippen molar-refractivity contribution in [3.8, 4) is 5.75 Å². The van der Waals surface area contributed by atoms with Crippen molar-refractivity contribution in [3.05, 3.63) is 29.3 Å². The van der Waals surface area contributed by atoms with Crippen molar-refractivity contribution in [3.63, 3.8) is 0 Å². The molecule has 0 aromatic heterocycles. The van der Waals surface area contributed by atoms with E-state index in [-0.39, 0.29) is 5.60 Å². The largest absolute Gasteiger partial charge is 0.508 e. The number of aromatic hydroxyl groups is 1. The summed E-state index contributed by atoms with van der Waals surface area (Å²) in [5.41, 5.74) is 1.44. The first-order valence-corrected chi connectivity index (χ1v) is 10.4. The summed E-state index contributed by atoms with van der Waals surface area (Å²) in [7, 11) is 0. The van der Waals surface area contributed by atoms with Crippen molar-refractivity contribution in [2.45, 2.75) is 90.1 Å². The van der Waals surface area contributed by atoms with E-state index in [1.165, 1.54) is 0 Å². The standard InChI is InChI=1S/C23H34O5/c1-22(2,21(26)27)10-6-3-4-8-18-14-19(16-20(25)15-18)9-5-7-11-23(12-13-23)28-17-24/h14-17,25H,3-13H2,1-2H3,(H,26,27). The lowest BCUT2D eigenvalue weighted by Crippen LogP contribution is -2.23. The average Bonchev–Trinajstić information content (AvgIpc) is 3.38. The second-order valence-electron chi connectivity index (χ2n) is 8.86. The zero-order valence-electron chi connectivity index (χ0n) is 17.2. The third-order valence-corrected chi connectivity index (χ3v) is 5.84. The number of aryl methyl sites for hydroxylation is 2. The Hall–Kier alpha value is -2.04. The molecule has 1 aliphatic carbocycles. The zero-order chi connectivity index (χ0) is 20.6. The van der Waals surface area contributed by atoms with E-state index in [2.05, 4.69) is 6.07 Å². The number of hydrogen-bond donors (Lipinski definition) is 2. The molecular weight excluding hydrogens is 356 g/mol. The van der Waals surface area contributed by atoms with Crippen LogP contribution in [0, 0.1) is 5.41 Å². The lowest BCUT2D eigenvalue weighted by atomic mass is 9.87. The van der Waals surface area contributed by atoms with E-state index < -0.39 is 11.4 Å². The van der Waals surface area contributed by atoms with Gasteiger partial charge in [0, 0.05) is 0 Å². The topological polar surface area (TPSA) is 83.8 Å². The first-order chi connectivity index (χ1) is 13.3. The summed E-state index contributed by atoms with van der Waals surface area (Å²) in [6, 6.07) is 5.81. The van der Waals surface area contributed by atoms with E-state index in [1.54, 1.807) is 13.8 Å². The Morgan fingerprint density at radius 3 is 2.21 bits per heavy atom. The van der Waals surface area contributed by atoms with E-state index in [1.807, 2.05) is 12.1 Å². The molecule has 5 nitrogen and oxygen atoms in total. The van der Waals surface area contributed by atoms with Gasteiger partial charge in [-0.15, -0.1) is 0 Å². The van der Waals surface area contributed by atoms with Crippen LogP contribution >= 0.6 is 0 Å². The minimum atomic E-state index is -0.740. The van der Waals surface area contributed by atoms with E-state index in [9.17, 15) is 14.7 Å². The first-order valence-electron chi connectivity index (χ1n) is 10.4. The maximum absolute atomic E-state index is 11.1. The molecule has 1 aromatic rings. The van der Waals surface area contributed by atoms with Gasteiger partial charge in [-0.25, -0.2) is 0 Å². The molecule has 0 saturated heterocycles. The molecule has 1 fully saturated rings. The fourth-order valence-electron chi connectivity index (χ4n) is 3.66. The van der Waals surface area contributed by atoms with Gasteiger partial charge in [-0.2, -0.15) is 0 Å². The van der Waals surface area contributed by atoms with E-state index in [0.29, 0.717) is 18.6 Å². The molecule has 2 N–H and O–H groups in total. The molecule has 0 heterocycles. The summed E-state index contributed by atoms with van der Waals surface area (Å²) in [4.78, 5) is 21.6. The van der Waals surface area contributed by atoms with Crippen molar-refractivity contribution in [2.75, 3.05) is 0 Å². The molecule has 0 aliphatic heterocycles. The smallest absolute Gasteiger partial charge is 0.309 e. The number of unbranched alkanes of at least 4 members (excludes halogenated alkanes) is 3. The number of phenolic OH excluding ortho intramolecular Hbond substituents is 1. The first kappa shape index (κ1) is 22.3. The summed E-state index contributed by atoms with van der Waals surface area (Å²) in [6.07, 6.45) is 10.3. The fourth-order valence-corrected chi connectivity index (χ4v) is 3.66. The Balaban J connectivity index is 1.70. The Morgan fingerprint density at radius 2 is 1.68 bits per heavy atom. The quantitative estimate of drug-likeness (QED) is 0.344. The van der Waals surface area contributed by atoms with Gasteiger partial charge < -0.3 is 14.9 Å². The van der Waals surface area contributed by atoms with E-state index >= 15 is 0 Å². The van der Waals surface area contributed by atoms with Crippen LogP contribution in [0.3, 0.4) is 0 Å². The molecule has 2 rings (SSSR count). The van der Waals surface area contributed by atoms with E-state index in [0.717, 1.165) is 75.3 Å². The molecule has 0 unspecified atom stereocenters. The van der Waals surface area contributed by atoms with Gasteiger partial charge in [0.25, 0.3) is 6.47 Å². The predicted octanol–water partition coefficient (Wildman–Crippen LogP) is 5.02. The maximum Gasteiger partial charge on any atom is 0.309 e. The molecular formula is C23H34O5. The average molecular weight is 391 g/mol. The molecule has 5 heteroatoms. The lowest BCUT2D eigenvalue weighted by molar-refractivity contribution is -0.147. The second kappa shape index (κ2) is 9.94. The van der Waals surface area contributed by atoms with Gasteiger partial charge in [-0.1, -0.05) is 18.9 Å². The van der Waals surface area contributed by atoms with Crippen molar-refractivity contribution in [1.82, 2.24) is 0 Å². The Bertz CT molecular complexity index is 661. The molecule has 1 aliphatic rings. The molecule has 1 aromatic carbocycles. The molecule has 0 atom stereocenters. The van der Waals surface area contributed by atoms with Crippen LogP contribution in [-0.2, 0) is 27.2 Å². The van der Waals surface area contributed by atoms with Crippen LogP contribution < -0.4 is 0 Å². The van der Waals surface area contributed by atoms with Crippen molar-refractivity contribution < 1.29 is 24.5 Å². The number of ether oxygens (including phenoxy) is 1. The number of aliphatic carboxylic acids is 1. The van der Waals surface area contributed by atoms with Crippen LogP contribution in [-0.4, -0.2) is 28.3 Å². The predicted molar refractivity (Wildman–Crippen MR) is 108 cm³/mol. The Morgan fingerprint density at radius 1 is 1.07 bits per heavy atom. The van der Waals surface area contributed by atoms with Crippen LogP contribution in [0.15, 0.2) is 18.2 Å². The third-order valence-electron chi connectivity index (χ3n) is 5.84. The summed E-state index contributed by atoms with van der Waals surface area (Å²) >= 11 is 0. The van der Waals surface area contributed by atoms with Crippen LogP contribution in [0.1, 0.15) is 82.8 Å². The zero-order valence-corrected chi connectivity index (χ0v) is 17.2. The monoisotopic (exact) mass is 390 g/mol. The third kappa shape index (κ3) is 7.17. The number of carbonyl (C=O) groups is 2. The Labute approximate surface area is 168 Å². The number of carboxylic acids is 1. The van der Waals surface area contributed by atoms with Gasteiger partial charge >= 0.3 is 5.97 Å². The molecule has 0 bridgehead atoms. The van der Waals surface area contributed by atoms with E-state index in [4.69, 9.17) is 9.84 Å². The minimum Gasteiger partial charge on any atom is -0.508 e. The van der Waals surface area contributed by atoms with Gasteiger partial charge in [0.1, 0.15) is 11.4 Å². The molecule has 156 valence electrons. The summed E-state index contributed by atoms with van der Waals surface area (Å²) in [6.45, 7) is 4.11. The molecule has 0 spiro atoms. The molecule has 0 radical (unpaired) electrons. The normalized spacial score (nSPS) is 15.2. The van der Waals surface area contributed by atoms with Crippen molar-refractivity contribution in [2.24, 2.45) is 5.41 Å². The van der Waals surface area contributed by atoms with Crippen LogP contribution in [0.4, 0.5) is 0 Å². The summed E-state index contributed by atoms with van der Waals surface area (Å²) in [5.74, 6) is -0.432. The maximum atomic E-state index is 11.1. The summed E-state index contributed by atoms with van der Waals surface area (Å²) < 4.78 is 5.18. The number of benzene rings is 1. The highest BCUT2D eigenvalue weighted by atomic mass is 16.5. The molecule has 1 saturated carbocycles. The number of hydrogen-bond acceptors (Lipinski definition) is 4. The van der Waals surface area contributed by atoms with Gasteiger partial charge in [-0.3, -0.25) is 9.59 Å².